The first-order chi connectivity index (χ1) is 9.89. The Morgan fingerprint density at radius 1 is 0.667 bits per heavy atom. The van der Waals surface area contributed by atoms with Crippen LogP contribution in [0.4, 0.5) is 0 Å². The molecule has 0 aliphatic rings. The fourth-order valence-corrected chi connectivity index (χ4v) is 1.83. The topological polar surface area (TPSA) is 86.7 Å². The molecule has 0 aliphatic heterocycles. The van der Waals surface area contributed by atoms with E-state index in [4.69, 9.17) is 0 Å². The van der Waals surface area contributed by atoms with Crippen LogP contribution in [0.5, 0.6) is 0 Å². The minimum absolute atomic E-state index is 0.365. The molecule has 0 fully saturated rings. The summed E-state index contributed by atoms with van der Waals surface area (Å²) in [6.07, 6.45) is 1.48. The zero-order valence-electron chi connectivity index (χ0n) is 13.1. The fraction of sp³-hybridized carbons (Fsp3) is 0.733. The Morgan fingerprint density at radius 2 is 0.952 bits per heavy atom. The molecule has 0 aliphatic carbocycles. The van der Waals surface area contributed by atoms with Gasteiger partial charge in [-0.25, -0.2) is 0 Å². The molecule has 0 N–H and O–H groups in total. The van der Waals surface area contributed by atoms with Crippen molar-refractivity contribution < 1.29 is 28.7 Å². The molecular weight excluding hydrogens is 276 g/mol. The molecule has 0 saturated carbocycles. The summed E-state index contributed by atoms with van der Waals surface area (Å²) in [5.41, 5.74) is 0. The lowest BCUT2D eigenvalue weighted by atomic mass is 10.0. The first-order valence-corrected chi connectivity index (χ1v) is 7.38. The second-order valence-corrected chi connectivity index (χ2v) is 4.79. The number of hydrogen-bond acceptors (Lipinski definition) is 6. The van der Waals surface area contributed by atoms with E-state index in [1.165, 1.54) is 0 Å². The maximum atomic E-state index is 11.6. The van der Waals surface area contributed by atoms with Crippen LogP contribution in [0.1, 0.15) is 59.8 Å². The van der Waals surface area contributed by atoms with Gasteiger partial charge in [0.2, 0.25) is 0 Å². The summed E-state index contributed by atoms with van der Waals surface area (Å²) in [6, 6.07) is 0. The molecule has 0 amide bonds. The van der Waals surface area contributed by atoms with Crippen molar-refractivity contribution in [2.45, 2.75) is 59.8 Å². The molecule has 120 valence electrons. The van der Waals surface area contributed by atoms with E-state index in [1.807, 2.05) is 27.7 Å². The van der Waals surface area contributed by atoms with Crippen molar-refractivity contribution in [1.29, 1.82) is 0 Å². The third-order valence-electron chi connectivity index (χ3n) is 3.36. The van der Waals surface area contributed by atoms with Gasteiger partial charge in [0.05, 0.1) is 11.8 Å². The first-order valence-electron chi connectivity index (χ1n) is 7.38. The van der Waals surface area contributed by atoms with E-state index in [2.05, 4.69) is 9.47 Å². The summed E-state index contributed by atoms with van der Waals surface area (Å²) in [4.78, 5) is 46.0. The van der Waals surface area contributed by atoms with Gasteiger partial charge in [-0.3, -0.25) is 19.2 Å². The molecule has 0 spiro atoms. The molecule has 21 heavy (non-hydrogen) atoms. The van der Waals surface area contributed by atoms with E-state index >= 15 is 0 Å². The lowest BCUT2D eigenvalue weighted by Gasteiger charge is -2.11. The number of hydrogen-bond donors (Lipinski definition) is 0. The van der Waals surface area contributed by atoms with Crippen molar-refractivity contribution in [3.05, 3.63) is 0 Å². The zero-order chi connectivity index (χ0) is 16.4. The SMILES string of the molecule is CCC(CC)C(=O)OC(=O)CC(=O)OC(=O)C(CC)CC. The normalized spacial score (nSPS) is 10.6. The largest absolute Gasteiger partial charge is 0.393 e. The van der Waals surface area contributed by atoms with E-state index in [-0.39, 0.29) is 11.8 Å². The second-order valence-electron chi connectivity index (χ2n) is 4.79. The van der Waals surface area contributed by atoms with Crippen molar-refractivity contribution in [3.63, 3.8) is 0 Å². The molecule has 0 unspecified atom stereocenters. The maximum Gasteiger partial charge on any atom is 0.324 e. The summed E-state index contributed by atoms with van der Waals surface area (Å²) in [5.74, 6) is -4.01. The summed E-state index contributed by atoms with van der Waals surface area (Å²) in [6.45, 7) is 7.23. The van der Waals surface area contributed by atoms with Crippen molar-refractivity contribution in [3.8, 4) is 0 Å². The van der Waals surface area contributed by atoms with Gasteiger partial charge in [-0.2, -0.15) is 0 Å². The number of esters is 4. The Morgan fingerprint density at radius 3 is 1.19 bits per heavy atom. The van der Waals surface area contributed by atoms with E-state index in [1.54, 1.807) is 0 Å². The molecule has 0 radical (unpaired) electrons. The summed E-state index contributed by atoms with van der Waals surface area (Å²) in [7, 11) is 0. The van der Waals surface area contributed by atoms with Crippen LogP contribution in [0.25, 0.3) is 0 Å². The molecule has 0 aromatic rings. The highest BCUT2D eigenvalue weighted by Gasteiger charge is 2.24. The van der Waals surface area contributed by atoms with E-state index in [0.29, 0.717) is 25.7 Å². The third-order valence-corrected chi connectivity index (χ3v) is 3.36. The van der Waals surface area contributed by atoms with Gasteiger partial charge in [0.15, 0.2) is 0 Å². The molecule has 6 nitrogen and oxygen atoms in total. The van der Waals surface area contributed by atoms with Gasteiger partial charge in [0.1, 0.15) is 6.42 Å². The smallest absolute Gasteiger partial charge is 0.324 e. The number of ether oxygens (including phenoxy) is 2. The average molecular weight is 300 g/mol. The van der Waals surface area contributed by atoms with Crippen molar-refractivity contribution in [2.24, 2.45) is 11.8 Å². The molecule has 0 aromatic carbocycles. The van der Waals surface area contributed by atoms with Gasteiger partial charge in [-0.05, 0) is 25.7 Å². The monoisotopic (exact) mass is 300 g/mol. The predicted molar refractivity (Wildman–Crippen MR) is 75.0 cm³/mol. The molecule has 0 saturated heterocycles. The van der Waals surface area contributed by atoms with Crippen molar-refractivity contribution in [1.82, 2.24) is 0 Å². The van der Waals surface area contributed by atoms with Crippen LogP contribution in [0.2, 0.25) is 0 Å². The van der Waals surface area contributed by atoms with Gasteiger partial charge in [-0.1, -0.05) is 27.7 Å². The quantitative estimate of drug-likeness (QED) is 0.505. The Balaban J connectivity index is 4.30. The molecule has 0 rings (SSSR count). The lowest BCUT2D eigenvalue weighted by molar-refractivity contribution is -0.168. The van der Waals surface area contributed by atoms with Gasteiger partial charge >= 0.3 is 23.9 Å². The van der Waals surface area contributed by atoms with Gasteiger partial charge in [-0.15, -0.1) is 0 Å². The van der Waals surface area contributed by atoms with Crippen LogP contribution in [-0.2, 0) is 28.7 Å². The average Bonchev–Trinajstić information content (AvgIpc) is 2.40. The summed E-state index contributed by atoms with van der Waals surface area (Å²) >= 11 is 0. The highest BCUT2D eigenvalue weighted by Crippen LogP contribution is 2.12. The second kappa shape index (κ2) is 10.1. The van der Waals surface area contributed by atoms with Crippen LogP contribution >= 0.6 is 0 Å². The van der Waals surface area contributed by atoms with Crippen LogP contribution in [0, 0.1) is 11.8 Å². The summed E-state index contributed by atoms with van der Waals surface area (Å²) < 4.78 is 9.14. The third kappa shape index (κ3) is 7.02. The molecule has 6 heteroatoms. The van der Waals surface area contributed by atoms with Crippen LogP contribution < -0.4 is 0 Å². The van der Waals surface area contributed by atoms with Crippen molar-refractivity contribution in [2.75, 3.05) is 0 Å². The number of carbonyl (C=O) groups excluding carboxylic acids is 4. The van der Waals surface area contributed by atoms with E-state index in [0.717, 1.165) is 0 Å². The van der Waals surface area contributed by atoms with Crippen LogP contribution in [0.15, 0.2) is 0 Å². The first kappa shape index (κ1) is 19.3. The minimum Gasteiger partial charge on any atom is -0.393 e. The highest BCUT2D eigenvalue weighted by atomic mass is 16.6. The van der Waals surface area contributed by atoms with Gasteiger partial charge < -0.3 is 9.47 Å². The lowest BCUT2D eigenvalue weighted by Crippen LogP contribution is -2.25. The van der Waals surface area contributed by atoms with E-state index in [9.17, 15) is 19.2 Å². The molecule has 0 bridgehead atoms. The standard InChI is InChI=1S/C15H24O6/c1-5-10(6-2)14(18)20-12(16)9-13(17)21-15(19)11(7-3)8-4/h10-11H,5-9H2,1-4H3. The summed E-state index contributed by atoms with van der Waals surface area (Å²) in [5, 5.41) is 0. The Labute approximate surface area is 125 Å². The highest BCUT2D eigenvalue weighted by molar-refractivity contribution is 5.99. The maximum absolute atomic E-state index is 11.6. The van der Waals surface area contributed by atoms with Gasteiger partial charge in [0.25, 0.3) is 0 Å². The molecular formula is C15H24O6. The number of carbonyl (C=O) groups is 4. The Hall–Kier alpha value is -1.72. The molecule has 0 aromatic heterocycles. The minimum atomic E-state index is -0.991. The van der Waals surface area contributed by atoms with Crippen LogP contribution in [-0.4, -0.2) is 23.9 Å². The zero-order valence-corrected chi connectivity index (χ0v) is 13.1. The molecule has 0 heterocycles. The fourth-order valence-electron chi connectivity index (χ4n) is 1.83. The van der Waals surface area contributed by atoms with Crippen molar-refractivity contribution >= 4 is 23.9 Å². The number of rotatable bonds is 8. The molecule has 0 atom stereocenters. The Bertz CT molecular complexity index is 344. The predicted octanol–water partition coefficient (Wildman–Crippen LogP) is 2.39. The van der Waals surface area contributed by atoms with Gasteiger partial charge in [0, 0.05) is 0 Å². The Kier molecular flexibility index (Phi) is 9.25. The van der Waals surface area contributed by atoms with E-state index < -0.39 is 30.3 Å². The van der Waals surface area contributed by atoms with Crippen LogP contribution in [0.3, 0.4) is 0 Å².